The van der Waals surface area contributed by atoms with E-state index in [-0.39, 0.29) is 38.9 Å². The van der Waals surface area contributed by atoms with Gasteiger partial charge in [0.15, 0.2) is 44.5 Å². The highest BCUT2D eigenvalue weighted by Gasteiger charge is 2.77. The Morgan fingerprint density at radius 1 is 0.860 bits per heavy atom. The maximum atomic E-state index is 15.2. The average Bonchev–Trinajstić information content (AvgIpc) is 3.42. The number of hydrogen-bond acceptors (Lipinski definition) is 6. The van der Waals surface area contributed by atoms with Gasteiger partial charge in [0.25, 0.3) is 11.8 Å². The summed E-state index contributed by atoms with van der Waals surface area (Å²) in [7, 11) is 1.22. The molecule has 2 aliphatic carbocycles. The molecule has 8 nitrogen and oxygen atoms in total. The van der Waals surface area contributed by atoms with Crippen molar-refractivity contribution in [3.63, 3.8) is 0 Å². The SMILES string of the molecule is COc1cccc(C2C3=CCC4C(=O)N(c5ccc(C)c(Cl)c5)C(=O)C4C3CC3(Cl)C(=O)N(c4c(F)c(F)c(F)c(F)c4F)C(=O)C23Cl)c1O. The minimum Gasteiger partial charge on any atom is -0.504 e. The zero-order valence-corrected chi connectivity index (χ0v) is 27.9. The summed E-state index contributed by atoms with van der Waals surface area (Å²) < 4.78 is 78.5. The van der Waals surface area contributed by atoms with Crippen LogP contribution in [0.25, 0.3) is 0 Å². The number of anilines is 2. The highest BCUT2D eigenvalue weighted by atomic mass is 35.5. The number of amides is 4. The number of alkyl halides is 2. The number of phenols is 1. The first-order valence-electron chi connectivity index (χ1n) is 15.0. The zero-order valence-electron chi connectivity index (χ0n) is 25.7. The van der Waals surface area contributed by atoms with Crippen molar-refractivity contribution in [2.24, 2.45) is 17.8 Å². The molecule has 1 N–H and O–H groups in total. The number of ether oxygens (including phenoxy) is 1. The number of halogens is 8. The minimum absolute atomic E-state index is 0.0792. The standard InChI is InChI=1S/C34H22Cl3F5N2O6/c1-12-6-7-13(10-18(12)35)43-29(46)15-9-8-14-17(20(15)30(43)47)11-33(36)31(48)44(27-25(41)23(39)22(38)24(40)26(27)42)32(49)34(33,37)21(14)16-4-3-5-19(50-2)28(16)45/h3-8,10,15,17,20-21,45H,9,11H2,1-2H3. The number of methoxy groups -OCH3 is 1. The van der Waals surface area contributed by atoms with Gasteiger partial charge in [0.05, 0.1) is 24.6 Å². The normalized spacial score (nSPS) is 28.9. The highest BCUT2D eigenvalue weighted by Crippen LogP contribution is 2.67. The molecule has 3 aromatic rings. The van der Waals surface area contributed by atoms with Crippen molar-refractivity contribution in [2.45, 2.75) is 35.4 Å². The van der Waals surface area contributed by atoms with E-state index in [9.17, 15) is 37.5 Å². The number of benzene rings is 3. The molecule has 6 unspecified atom stereocenters. The van der Waals surface area contributed by atoms with Crippen molar-refractivity contribution in [1.29, 1.82) is 0 Å². The third-order valence-corrected chi connectivity index (χ3v) is 12.0. The van der Waals surface area contributed by atoms with E-state index in [1.807, 2.05) is 0 Å². The fraction of sp³-hybridized carbons (Fsp3) is 0.294. The Bertz CT molecular complexity index is 2100. The molecular weight excluding hydrogens is 734 g/mol. The molecule has 7 rings (SSSR count). The molecule has 0 aromatic heterocycles. The third kappa shape index (κ3) is 4.23. The zero-order chi connectivity index (χ0) is 36.4. The molecule has 260 valence electrons. The van der Waals surface area contributed by atoms with Crippen LogP contribution in [0.3, 0.4) is 0 Å². The number of carbonyl (C=O) groups excluding carboxylic acids is 4. The van der Waals surface area contributed by atoms with E-state index in [1.165, 1.54) is 43.5 Å². The topological polar surface area (TPSA) is 104 Å². The van der Waals surface area contributed by atoms with Crippen LogP contribution in [0.5, 0.6) is 11.5 Å². The predicted octanol–water partition coefficient (Wildman–Crippen LogP) is 6.83. The van der Waals surface area contributed by atoms with E-state index in [0.717, 1.165) is 4.90 Å². The van der Waals surface area contributed by atoms with Gasteiger partial charge in [-0.25, -0.2) is 31.8 Å². The molecule has 0 spiro atoms. The fourth-order valence-electron chi connectivity index (χ4n) is 7.82. The number of carbonyl (C=O) groups is 4. The van der Waals surface area contributed by atoms with Crippen LogP contribution in [-0.2, 0) is 19.2 Å². The summed E-state index contributed by atoms with van der Waals surface area (Å²) in [6.45, 7) is 1.72. The molecule has 2 saturated heterocycles. The van der Waals surface area contributed by atoms with E-state index in [4.69, 9.17) is 39.5 Å². The smallest absolute Gasteiger partial charge is 0.258 e. The lowest BCUT2D eigenvalue weighted by Gasteiger charge is -2.50. The largest absolute Gasteiger partial charge is 0.504 e. The van der Waals surface area contributed by atoms with Gasteiger partial charge in [0.2, 0.25) is 17.6 Å². The van der Waals surface area contributed by atoms with E-state index >= 15 is 8.78 Å². The Morgan fingerprint density at radius 2 is 1.50 bits per heavy atom. The molecule has 50 heavy (non-hydrogen) atoms. The lowest BCUT2D eigenvalue weighted by atomic mass is 9.56. The second-order valence-electron chi connectivity index (χ2n) is 12.5. The van der Waals surface area contributed by atoms with Crippen molar-refractivity contribution < 1.29 is 51.0 Å². The summed E-state index contributed by atoms with van der Waals surface area (Å²) >= 11 is 20.5. The van der Waals surface area contributed by atoms with Gasteiger partial charge in [-0.1, -0.05) is 41.4 Å². The average molecular weight is 756 g/mol. The van der Waals surface area contributed by atoms with Crippen molar-refractivity contribution in [3.8, 4) is 11.5 Å². The second-order valence-corrected chi connectivity index (χ2v) is 14.2. The van der Waals surface area contributed by atoms with Gasteiger partial charge in [0, 0.05) is 16.5 Å². The van der Waals surface area contributed by atoms with Crippen molar-refractivity contribution in [1.82, 2.24) is 0 Å². The monoisotopic (exact) mass is 754 g/mol. The molecule has 2 aliphatic heterocycles. The van der Waals surface area contributed by atoms with Crippen LogP contribution in [0, 0.1) is 53.8 Å². The molecule has 0 radical (unpaired) electrons. The number of rotatable bonds is 4. The number of allylic oxidation sites excluding steroid dienone is 2. The Labute approximate surface area is 294 Å². The third-order valence-electron chi connectivity index (χ3n) is 10.2. The lowest BCUT2D eigenvalue weighted by molar-refractivity contribution is -0.125. The number of para-hydroxylation sites is 1. The van der Waals surface area contributed by atoms with Crippen LogP contribution in [0.1, 0.15) is 29.9 Å². The summed E-state index contributed by atoms with van der Waals surface area (Å²) in [6, 6.07) is 8.62. The first-order chi connectivity index (χ1) is 23.5. The van der Waals surface area contributed by atoms with Gasteiger partial charge in [-0.2, -0.15) is 0 Å². The minimum atomic E-state index is -2.79. The van der Waals surface area contributed by atoms with Crippen LogP contribution < -0.4 is 14.5 Å². The molecule has 4 aliphatic rings. The Morgan fingerprint density at radius 3 is 2.12 bits per heavy atom. The second kappa shape index (κ2) is 11.4. The molecule has 6 atom stereocenters. The molecule has 16 heteroatoms. The highest BCUT2D eigenvalue weighted by molar-refractivity contribution is 6.58. The van der Waals surface area contributed by atoms with Crippen LogP contribution in [0.15, 0.2) is 48.0 Å². The number of aromatic hydroxyl groups is 1. The Balaban J connectivity index is 1.45. The molecule has 2 heterocycles. The van der Waals surface area contributed by atoms with Gasteiger partial charge in [-0.05, 0) is 49.4 Å². The molecule has 3 fully saturated rings. The number of phenolic OH excluding ortho intramolecular Hbond substituents is 1. The van der Waals surface area contributed by atoms with E-state index in [2.05, 4.69) is 0 Å². The van der Waals surface area contributed by atoms with E-state index in [0.29, 0.717) is 5.56 Å². The summed E-state index contributed by atoms with van der Waals surface area (Å²) in [4.78, 5) is 51.8. The van der Waals surface area contributed by atoms with Crippen LogP contribution in [0.2, 0.25) is 5.02 Å². The van der Waals surface area contributed by atoms with Gasteiger partial charge < -0.3 is 9.84 Å². The summed E-state index contributed by atoms with van der Waals surface area (Å²) in [5.41, 5.74) is -1.05. The van der Waals surface area contributed by atoms with E-state index in [1.54, 1.807) is 13.0 Å². The molecule has 1 saturated carbocycles. The van der Waals surface area contributed by atoms with Crippen LogP contribution >= 0.6 is 34.8 Å². The molecule has 4 amide bonds. The maximum Gasteiger partial charge on any atom is 0.258 e. The maximum absolute atomic E-state index is 15.2. The number of hydrogen-bond donors (Lipinski definition) is 1. The molecule has 0 bridgehead atoms. The summed E-state index contributed by atoms with van der Waals surface area (Å²) in [5.74, 6) is -22.8. The number of nitrogens with zero attached hydrogens (tertiary/aromatic N) is 2. The fourth-order valence-corrected chi connectivity index (χ4v) is 8.93. The van der Waals surface area contributed by atoms with Crippen LogP contribution in [-0.4, -0.2) is 45.6 Å². The first-order valence-corrected chi connectivity index (χ1v) is 16.1. The van der Waals surface area contributed by atoms with Crippen molar-refractivity contribution in [2.75, 3.05) is 16.9 Å². The van der Waals surface area contributed by atoms with Gasteiger partial charge >= 0.3 is 0 Å². The van der Waals surface area contributed by atoms with Gasteiger partial charge in [0.1, 0.15) is 5.69 Å². The quantitative estimate of drug-likeness (QED) is 0.0783. The number of imide groups is 2. The van der Waals surface area contributed by atoms with E-state index < -0.39 is 104 Å². The van der Waals surface area contributed by atoms with Gasteiger partial charge in [-0.3, -0.25) is 19.2 Å². The summed E-state index contributed by atoms with van der Waals surface area (Å²) in [6.07, 6.45) is 0.750. The molecule has 3 aromatic carbocycles. The Hall–Kier alpha value is -4.20. The number of fused-ring (bicyclic) bond motifs is 4. The lowest BCUT2D eigenvalue weighted by Crippen LogP contribution is -2.60. The number of aryl methyl sites for hydroxylation is 1. The summed E-state index contributed by atoms with van der Waals surface area (Å²) in [5, 5.41) is 11.6. The Kier molecular flexibility index (Phi) is 7.82. The molecular formula is C34H22Cl3F5N2O6. The first kappa shape index (κ1) is 34.3. The van der Waals surface area contributed by atoms with Crippen molar-refractivity contribution in [3.05, 3.63) is 93.3 Å². The predicted molar refractivity (Wildman–Crippen MR) is 170 cm³/mol. The van der Waals surface area contributed by atoms with Gasteiger partial charge in [-0.15, -0.1) is 23.2 Å². The van der Waals surface area contributed by atoms with Crippen LogP contribution in [0.4, 0.5) is 33.3 Å². The van der Waals surface area contributed by atoms with Crippen molar-refractivity contribution >= 4 is 69.8 Å².